The van der Waals surface area contributed by atoms with E-state index in [9.17, 15) is 32.7 Å². The van der Waals surface area contributed by atoms with Crippen LogP contribution < -0.4 is 30.7 Å². The van der Waals surface area contributed by atoms with Gasteiger partial charge in [0.15, 0.2) is 5.13 Å². The third-order valence-corrected chi connectivity index (χ3v) is 15.8. The molecule has 2 aromatic heterocycles. The van der Waals surface area contributed by atoms with Crippen molar-refractivity contribution in [1.29, 1.82) is 0 Å². The maximum Gasteiger partial charge on any atom is 0.330 e. The average molecular weight is 952 g/mol. The molecule has 20 heteroatoms. The number of fused-ring (bicyclic) bond motifs is 3. The summed E-state index contributed by atoms with van der Waals surface area (Å²) < 4.78 is 42.3. The van der Waals surface area contributed by atoms with Crippen molar-refractivity contribution in [3.63, 3.8) is 0 Å². The van der Waals surface area contributed by atoms with Crippen molar-refractivity contribution in [1.82, 2.24) is 39.4 Å². The van der Waals surface area contributed by atoms with Gasteiger partial charge in [-0.1, -0.05) is 38.8 Å². The Bertz CT molecular complexity index is 2410. The Morgan fingerprint density at radius 3 is 2.53 bits per heavy atom. The lowest BCUT2D eigenvalue weighted by Crippen LogP contribution is -2.59. The Labute approximate surface area is 391 Å². The highest BCUT2D eigenvalue weighted by Gasteiger charge is 2.61. The molecule has 4 amide bonds. The van der Waals surface area contributed by atoms with Crippen LogP contribution in [0.15, 0.2) is 41.8 Å². The topological polar surface area (TPSA) is 225 Å². The van der Waals surface area contributed by atoms with Crippen molar-refractivity contribution in [2.75, 3.05) is 38.6 Å². The number of carbonyl (C=O) groups is 4. The van der Waals surface area contributed by atoms with E-state index in [0.29, 0.717) is 66.1 Å². The van der Waals surface area contributed by atoms with E-state index in [2.05, 4.69) is 21.3 Å². The highest BCUT2D eigenvalue weighted by molar-refractivity contribution is 7.86. The third-order valence-electron chi connectivity index (χ3n) is 12.9. The number of aliphatic carboxylic acids is 1. The van der Waals surface area contributed by atoms with Crippen LogP contribution >= 0.6 is 11.3 Å². The molecule has 1 aliphatic carbocycles. The third kappa shape index (κ3) is 10.9. The Kier molecular flexibility index (Phi) is 15.1. The van der Waals surface area contributed by atoms with Crippen molar-refractivity contribution in [3.8, 4) is 22.9 Å². The number of pyridine rings is 1. The molecule has 18 nitrogen and oxygen atoms in total. The number of anilines is 1. The van der Waals surface area contributed by atoms with Crippen LogP contribution in [0.25, 0.3) is 22.3 Å². The van der Waals surface area contributed by atoms with Crippen LogP contribution in [0.5, 0.6) is 11.5 Å². The number of carbonyl (C=O) groups excluding carboxylic acids is 3. The van der Waals surface area contributed by atoms with Crippen molar-refractivity contribution in [3.05, 3.63) is 41.8 Å². The second-order valence-corrected chi connectivity index (χ2v) is 21.5. The molecule has 360 valence electrons. The van der Waals surface area contributed by atoms with Gasteiger partial charge in [-0.3, -0.25) is 9.59 Å². The predicted octanol–water partition coefficient (Wildman–Crippen LogP) is 5.37. The van der Waals surface area contributed by atoms with Crippen LogP contribution in [-0.2, 0) is 24.6 Å². The number of benzene rings is 1. The molecule has 2 saturated heterocycles. The quantitative estimate of drug-likeness (QED) is 0.137. The zero-order chi connectivity index (χ0) is 47.5. The highest BCUT2D eigenvalue weighted by atomic mass is 32.2. The lowest BCUT2D eigenvalue weighted by Gasteiger charge is -2.39. The van der Waals surface area contributed by atoms with E-state index in [1.54, 1.807) is 25.3 Å². The van der Waals surface area contributed by atoms with E-state index >= 15 is 0 Å². The van der Waals surface area contributed by atoms with Gasteiger partial charge in [-0.2, -0.15) is 17.0 Å². The molecule has 5 N–H and O–H groups in total. The van der Waals surface area contributed by atoms with Gasteiger partial charge in [0.05, 0.1) is 24.9 Å². The fraction of sp³-hybridized carbons (Fsp3) is 0.609. The first-order chi connectivity index (χ1) is 31.4. The molecule has 5 heterocycles. The van der Waals surface area contributed by atoms with Gasteiger partial charge in [-0.25, -0.2) is 19.6 Å². The van der Waals surface area contributed by atoms with Crippen molar-refractivity contribution in [2.24, 2.45) is 11.8 Å². The second-order valence-electron chi connectivity index (χ2n) is 18.8. The van der Waals surface area contributed by atoms with Crippen molar-refractivity contribution in [2.45, 2.75) is 135 Å². The fourth-order valence-electron chi connectivity index (χ4n) is 9.07. The summed E-state index contributed by atoms with van der Waals surface area (Å²) in [4.78, 5) is 67.2. The molecule has 3 aliphatic heterocycles. The smallest absolute Gasteiger partial charge is 0.330 e. The minimum atomic E-state index is -3.76. The molecule has 0 bridgehead atoms. The van der Waals surface area contributed by atoms with Gasteiger partial charge in [0.2, 0.25) is 11.8 Å². The second kappa shape index (κ2) is 20.4. The van der Waals surface area contributed by atoms with E-state index in [1.165, 1.54) is 24.8 Å². The number of carboxylic acids is 1. The summed E-state index contributed by atoms with van der Waals surface area (Å²) in [5.41, 5.74) is 0.240. The number of rotatable bonds is 13. The summed E-state index contributed by atoms with van der Waals surface area (Å²) in [5.74, 6) is -1.81. The van der Waals surface area contributed by atoms with Crippen LogP contribution in [-0.4, -0.2) is 136 Å². The number of aromatic nitrogens is 2. The summed E-state index contributed by atoms with van der Waals surface area (Å²) >= 11 is 1.45. The number of carboxylic acid groups (broad SMARTS) is 1. The minimum Gasteiger partial charge on any atom is -0.497 e. The fourth-order valence-corrected chi connectivity index (χ4v) is 11.8. The number of amides is 4. The predicted molar refractivity (Wildman–Crippen MR) is 253 cm³/mol. The zero-order valence-corrected chi connectivity index (χ0v) is 40.5. The number of nitrogens with zero attached hydrogens (tertiary/aromatic N) is 5. The first-order valence-corrected chi connectivity index (χ1v) is 25.4. The van der Waals surface area contributed by atoms with Crippen LogP contribution in [0.1, 0.15) is 92.9 Å². The van der Waals surface area contributed by atoms with E-state index < -0.39 is 69.7 Å². The normalized spacial score (nSPS) is 26.2. The van der Waals surface area contributed by atoms with Crippen molar-refractivity contribution >= 4 is 61.4 Å². The van der Waals surface area contributed by atoms with E-state index in [4.69, 9.17) is 19.4 Å². The maximum atomic E-state index is 15.0. The molecule has 3 fully saturated rings. The maximum absolute atomic E-state index is 15.0. The molecule has 0 radical (unpaired) electrons. The van der Waals surface area contributed by atoms with Crippen LogP contribution in [0, 0.1) is 11.8 Å². The van der Waals surface area contributed by atoms with E-state index in [0.717, 1.165) is 18.0 Å². The van der Waals surface area contributed by atoms with Gasteiger partial charge in [0.25, 0.3) is 10.2 Å². The number of methoxy groups -OCH3 is 1. The van der Waals surface area contributed by atoms with Gasteiger partial charge in [0, 0.05) is 73.0 Å². The van der Waals surface area contributed by atoms with Crippen LogP contribution in [0.4, 0.5) is 9.93 Å². The lowest BCUT2D eigenvalue weighted by atomic mass is 10.0. The summed E-state index contributed by atoms with van der Waals surface area (Å²) in [7, 11) is -2.19. The highest BCUT2D eigenvalue weighted by Crippen LogP contribution is 2.45. The Morgan fingerprint density at radius 2 is 1.82 bits per heavy atom. The molecule has 3 aromatic rings. The average Bonchev–Trinajstić information content (AvgIpc) is 3.52. The standard InChI is InChI=1S/C46H65N9O9S2/c1-27(2)37(25-53-18-13-19-55(29(5)6)66(53,61)62)50-44(60)49-34-15-12-10-8-9-11-14-30-23-46(30,43(58)59)52-41(56)39-21-32(24-54(39)42(34)57)64-40-22-36(38-26-65-45(51-38)47-28(3)4)48-35-20-31(63-7)16-17-33(35)40/h11,14,16-17,20,22,26-30,32,34,37,39H,8-10,12-13,15,18-19,21,23-25H2,1-7H3,(H,47,51)(H,52,56)(H,58,59)(H2,49,50,60)/b14-11-/t30?,32-,34+,37-,39+,46-/m1/s1. The number of thiazole rings is 1. The molecular weight excluding hydrogens is 887 g/mol. The van der Waals surface area contributed by atoms with Crippen LogP contribution in [0.2, 0.25) is 0 Å². The summed E-state index contributed by atoms with van der Waals surface area (Å²) in [5, 5.41) is 25.7. The Balaban J connectivity index is 1.17. The van der Waals surface area contributed by atoms with Gasteiger partial charge in [-0.15, -0.1) is 11.3 Å². The van der Waals surface area contributed by atoms with E-state index in [-0.39, 0.29) is 50.4 Å². The number of hydrogen-bond donors (Lipinski definition) is 5. The monoisotopic (exact) mass is 951 g/mol. The summed E-state index contributed by atoms with van der Waals surface area (Å²) in [6, 6.07) is 3.75. The van der Waals surface area contributed by atoms with Gasteiger partial charge >= 0.3 is 12.0 Å². The molecule has 1 unspecified atom stereocenters. The largest absolute Gasteiger partial charge is 0.497 e. The van der Waals surface area contributed by atoms with E-state index in [1.807, 2.05) is 65.1 Å². The first kappa shape index (κ1) is 48.9. The Hall–Kier alpha value is -5.05. The summed E-state index contributed by atoms with van der Waals surface area (Å²) in [6.07, 6.45) is 7.06. The summed E-state index contributed by atoms with van der Waals surface area (Å²) in [6.45, 7) is 12.3. The zero-order valence-electron chi connectivity index (χ0n) is 38.9. The van der Waals surface area contributed by atoms with Crippen molar-refractivity contribution < 1.29 is 42.2 Å². The molecule has 0 spiro atoms. The molecule has 66 heavy (non-hydrogen) atoms. The van der Waals surface area contributed by atoms with Crippen LogP contribution in [0.3, 0.4) is 0 Å². The van der Waals surface area contributed by atoms with Gasteiger partial charge < -0.3 is 40.7 Å². The Morgan fingerprint density at radius 1 is 1.03 bits per heavy atom. The SMILES string of the molecule is COc1ccc2c(O[C@@H]3C[C@H]4C(=O)N[C@]5(C(=O)O)CC5/C=C\CCCCC[C@H](NC(=O)N[C@H](CN5CCCN(C(C)C)S5(=O)=O)C(C)C)C(=O)N4C3)cc(-c3csc(NC(C)C)n3)nc2c1. The number of hydrogen-bond acceptors (Lipinski definition) is 12. The number of urea groups is 1. The number of nitrogens with one attached hydrogen (secondary N) is 4. The lowest BCUT2D eigenvalue weighted by molar-refractivity contribution is -0.145. The number of allylic oxidation sites excluding steroid dienone is 1. The molecule has 1 saturated carbocycles. The number of ether oxygens (including phenoxy) is 2. The molecule has 6 atom stereocenters. The van der Waals surface area contributed by atoms with Gasteiger partial charge in [0.1, 0.15) is 40.9 Å². The molecular formula is C46H65N9O9S2. The van der Waals surface area contributed by atoms with Gasteiger partial charge in [-0.05, 0) is 77.8 Å². The minimum absolute atomic E-state index is 0.0360. The molecule has 1 aromatic carbocycles. The first-order valence-electron chi connectivity index (χ1n) is 23.1. The molecule has 7 rings (SSSR count). The molecule has 4 aliphatic rings.